The second-order valence-corrected chi connectivity index (χ2v) is 6.71. The van der Waals surface area contributed by atoms with Crippen LogP contribution < -0.4 is 4.90 Å². The Morgan fingerprint density at radius 2 is 2.16 bits per heavy atom. The third-order valence-electron chi connectivity index (χ3n) is 4.06. The van der Waals surface area contributed by atoms with E-state index in [0.717, 1.165) is 17.2 Å². The molecule has 2 heterocycles. The molecule has 19 heavy (non-hydrogen) atoms. The first-order chi connectivity index (χ1) is 9.22. The Kier molecular flexibility index (Phi) is 3.63. The average molecular weight is 296 g/mol. The molecular weight excluding hydrogens is 278 g/mol. The second-order valence-electron chi connectivity index (χ2n) is 5.13. The molecule has 1 saturated carbocycles. The summed E-state index contributed by atoms with van der Waals surface area (Å²) in [5.41, 5.74) is 1.31. The number of anilines is 1. The highest BCUT2D eigenvalue weighted by molar-refractivity contribution is 7.18. The minimum atomic E-state index is 0.608. The minimum Gasteiger partial charge on any atom is -0.352 e. The molecular formula is C14H18ClN3S. The first kappa shape index (κ1) is 13.1. The van der Waals surface area contributed by atoms with Gasteiger partial charge in [0.15, 0.2) is 0 Å². The first-order valence-electron chi connectivity index (χ1n) is 6.75. The van der Waals surface area contributed by atoms with Gasteiger partial charge in [0.25, 0.3) is 0 Å². The Morgan fingerprint density at radius 3 is 2.79 bits per heavy atom. The molecule has 0 aliphatic heterocycles. The van der Waals surface area contributed by atoms with Crippen LogP contribution in [0.3, 0.4) is 0 Å². The lowest BCUT2D eigenvalue weighted by molar-refractivity contribution is 0.389. The highest BCUT2D eigenvalue weighted by Crippen LogP contribution is 2.37. The lowest BCUT2D eigenvalue weighted by Crippen LogP contribution is -2.42. The van der Waals surface area contributed by atoms with Gasteiger partial charge >= 0.3 is 0 Å². The van der Waals surface area contributed by atoms with Crippen LogP contribution in [0.4, 0.5) is 5.82 Å². The van der Waals surface area contributed by atoms with Crippen LogP contribution in [-0.4, -0.2) is 28.4 Å². The summed E-state index contributed by atoms with van der Waals surface area (Å²) in [4.78, 5) is 13.8. The van der Waals surface area contributed by atoms with E-state index in [9.17, 15) is 0 Å². The van der Waals surface area contributed by atoms with Gasteiger partial charge in [0, 0.05) is 23.3 Å². The summed E-state index contributed by atoms with van der Waals surface area (Å²) in [5, 5.41) is 1.22. The van der Waals surface area contributed by atoms with Gasteiger partial charge in [-0.05, 0) is 38.7 Å². The molecule has 1 aliphatic rings. The molecule has 0 amide bonds. The predicted octanol–water partition coefficient (Wildman–Crippen LogP) is 3.91. The fraction of sp³-hybridized carbons (Fsp3) is 0.571. The van der Waals surface area contributed by atoms with Crippen molar-refractivity contribution in [3.05, 3.63) is 16.8 Å². The molecule has 102 valence electrons. The van der Waals surface area contributed by atoms with Crippen molar-refractivity contribution in [3.8, 4) is 0 Å². The quantitative estimate of drug-likeness (QED) is 0.801. The van der Waals surface area contributed by atoms with E-state index in [0.29, 0.717) is 11.9 Å². The van der Waals surface area contributed by atoms with E-state index in [1.807, 2.05) is 0 Å². The van der Waals surface area contributed by atoms with Crippen molar-refractivity contribution in [2.45, 2.75) is 39.2 Å². The summed E-state index contributed by atoms with van der Waals surface area (Å²) in [5.74, 6) is 1.72. The van der Waals surface area contributed by atoms with E-state index >= 15 is 0 Å². The molecule has 0 saturated heterocycles. The van der Waals surface area contributed by atoms with E-state index in [2.05, 4.69) is 28.7 Å². The van der Waals surface area contributed by atoms with Gasteiger partial charge in [-0.2, -0.15) is 0 Å². The van der Waals surface area contributed by atoms with E-state index < -0.39 is 0 Å². The number of alkyl halides is 1. The number of thiophene rings is 1. The molecule has 1 fully saturated rings. The molecule has 0 unspecified atom stereocenters. The SMILES string of the molecule is Cc1sc2ncnc(N(CCCl)C3CCC3)c2c1C. The van der Waals surface area contributed by atoms with Gasteiger partial charge in [0.2, 0.25) is 0 Å². The first-order valence-corrected chi connectivity index (χ1v) is 8.10. The molecule has 3 nitrogen and oxygen atoms in total. The smallest absolute Gasteiger partial charge is 0.141 e. The Bertz CT molecular complexity index is 592. The molecule has 3 rings (SSSR count). The largest absolute Gasteiger partial charge is 0.352 e. The maximum absolute atomic E-state index is 5.99. The number of hydrogen-bond donors (Lipinski definition) is 0. The Hall–Kier alpha value is -0.870. The van der Waals surface area contributed by atoms with Gasteiger partial charge in [0.05, 0.1) is 5.39 Å². The molecule has 1 aliphatic carbocycles. The maximum Gasteiger partial charge on any atom is 0.141 e. The number of nitrogens with zero attached hydrogens (tertiary/aromatic N) is 3. The third kappa shape index (κ3) is 2.21. The lowest BCUT2D eigenvalue weighted by atomic mass is 9.91. The van der Waals surface area contributed by atoms with Crippen molar-refractivity contribution in [1.82, 2.24) is 9.97 Å². The highest BCUT2D eigenvalue weighted by atomic mass is 35.5. The van der Waals surface area contributed by atoms with E-state index in [1.54, 1.807) is 17.7 Å². The summed E-state index contributed by atoms with van der Waals surface area (Å²) in [6.45, 7) is 5.19. The van der Waals surface area contributed by atoms with Crippen molar-refractivity contribution in [2.75, 3.05) is 17.3 Å². The normalized spacial score (nSPS) is 15.7. The molecule has 0 atom stereocenters. The van der Waals surface area contributed by atoms with Crippen LogP contribution in [0, 0.1) is 13.8 Å². The van der Waals surface area contributed by atoms with Crippen molar-refractivity contribution < 1.29 is 0 Å². The number of aromatic nitrogens is 2. The van der Waals surface area contributed by atoms with Crippen LogP contribution in [0.2, 0.25) is 0 Å². The number of rotatable bonds is 4. The number of fused-ring (bicyclic) bond motifs is 1. The predicted molar refractivity (Wildman–Crippen MR) is 82.6 cm³/mol. The number of hydrogen-bond acceptors (Lipinski definition) is 4. The summed E-state index contributed by atoms with van der Waals surface area (Å²) in [7, 11) is 0. The maximum atomic E-state index is 5.99. The Morgan fingerprint density at radius 1 is 1.37 bits per heavy atom. The van der Waals surface area contributed by atoms with Gasteiger partial charge in [0.1, 0.15) is 17.0 Å². The standard InChI is InChI=1S/C14H18ClN3S/c1-9-10(2)19-14-12(9)13(16-8-17-14)18(7-6-15)11-4-3-5-11/h8,11H,3-7H2,1-2H3. The molecule has 0 N–H and O–H groups in total. The van der Waals surface area contributed by atoms with Gasteiger partial charge in [-0.15, -0.1) is 22.9 Å². The average Bonchev–Trinajstić information content (AvgIpc) is 2.63. The molecule has 0 spiro atoms. The topological polar surface area (TPSA) is 29.0 Å². The molecule has 5 heteroatoms. The van der Waals surface area contributed by atoms with Crippen molar-refractivity contribution >= 4 is 39.0 Å². The van der Waals surface area contributed by atoms with Crippen LogP contribution in [-0.2, 0) is 0 Å². The summed E-state index contributed by atoms with van der Waals surface area (Å²) in [6, 6.07) is 0.608. The van der Waals surface area contributed by atoms with Crippen molar-refractivity contribution in [3.63, 3.8) is 0 Å². The van der Waals surface area contributed by atoms with Gasteiger partial charge in [-0.3, -0.25) is 0 Å². The van der Waals surface area contributed by atoms with Gasteiger partial charge < -0.3 is 4.90 Å². The van der Waals surface area contributed by atoms with E-state index in [1.165, 1.54) is 35.1 Å². The second kappa shape index (κ2) is 5.25. The van der Waals surface area contributed by atoms with Crippen molar-refractivity contribution in [1.29, 1.82) is 0 Å². The molecule has 2 aromatic heterocycles. The zero-order valence-corrected chi connectivity index (χ0v) is 12.9. The van der Waals surface area contributed by atoms with E-state index in [-0.39, 0.29) is 0 Å². The van der Waals surface area contributed by atoms with E-state index in [4.69, 9.17) is 11.6 Å². The highest BCUT2D eigenvalue weighted by Gasteiger charge is 2.27. The fourth-order valence-corrected chi connectivity index (χ4v) is 3.81. The molecule has 2 aromatic rings. The summed E-state index contributed by atoms with van der Waals surface area (Å²) in [6.07, 6.45) is 5.52. The van der Waals surface area contributed by atoms with Crippen LogP contribution in [0.1, 0.15) is 29.7 Å². The van der Waals surface area contributed by atoms with Gasteiger partial charge in [-0.25, -0.2) is 9.97 Å². The zero-order valence-electron chi connectivity index (χ0n) is 11.3. The van der Waals surface area contributed by atoms with Crippen molar-refractivity contribution in [2.24, 2.45) is 0 Å². The Balaban J connectivity index is 2.11. The third-order valence-corrected chi connectivity index (χ3v) is 5.34. The zero-order chi connectivity index (χ0) is 13.4. The molecule has 0 bridgehead atoms. The van der Waals surface area contributed by atoms with Crippen LogP contribution in [0.5, 0.6) is 0 Å². The van der Waals surface area contributed by atoms with Gasteiger partial charge in [-0.1, -0.05) is 0 Å². The molecule has 0 aromatic carbocycles. The minimum absolute atomic E-state index is 0.608. The fourth-order valence-electron chi connectivity index (χ4n) is 2.63. The Labute approximate surface area is 122 Å². The van der Waals surface area contributed by atoms with Crippen LogP contribution in [0.15, 0.2) is 6.33 Å². The summed E-state index contributed by atoms with van der Waals surface area (Å²) < 4.78 is 0. The molecule has 0 radical (unpaired) electrons. The van der Waals surface area contributed by atoms with Crippen LogP contribution in [0.25, 0.3) is 10.2 Å². The monoisotopic (exact) mass is 295 g/mol. The van der Waals surface area contributed by atoms with Crippen LogP contribution >= 0.6 is 22.9 Å². The summed E-state index contributed by atoms with van der Waals surface area (Å²) >= 11 is 7.74. The lowest BCUT2D eigenvalue weighted by Gasteiger charge is -2.38. The number of aryl methyl sites for hydroxylation is 2. The number of halogens is 1.